The molecule has 0 fully saturated rings. The maximum absolute atomic E-state index is 10.3. The van der Waals surface area contributed by atoms with Crippen molar-refractivity contribution < 1.29 is 4.74 Å². The maximum Gasteiger partial charge on any atom is 0.209 e. The first-order valence-electron chi connectivity index (χ1n) is 11.5. The molecular formula is C26H28N3O+. The lowest BCUT2D eigenvalue weighted by atomic mass is 9.85. The highest BCUT2D eigenvalue weighted by atomic mass is 16.5. The van der Waals surface area contributed by atoms with E-state index in [-0.39, 0.29) is 0 Å². The summed E-state index contributed by atoms with van der Waals surface area (Å²) in [7, 11) is 2.19. The Morgan fingerprint density at radius 3 is 2.67 bits per heavy atom. The van der Waals surface area contributed by atoms with Crippen molar-refractivity contribution in [2.45, 2.75) is 51.9 Å². The molecule has 152 valence electrons. The van der Waals surface area contributed by atoms with Gasteiger partial charge in [-0.1, -0.05) is 6.92 Å². The first-order chi connectivity index (χ1) is 14.7. The zero-order valence-corrected chi connectivity index (χ0v) is 18.0. The summed E-state index contributed by atoms with van der Waals surface area (Å²) in [5.74, 6) is 1.91. The highest BCUT2D eigenvalue weighted by molar-refractivity contribution is 5.87. The highest BCUT2D eigenvalue weighted by Gasteiger charge is 2.34. The minimum absolute atomic E-state index is 0.804. The van der Waals surface area contributed by atoms with Crippen molar-refractivity contribution in [3.63, 3.8) is 0 Å². The van der Waals surface area contributed by atoms with Crippen molar-refractivity contribution in [1.82, 2.24) is 4.58 Å². The number of nitriles is 1. The fourth-order valence-electron chi connectivity index (χ4n) is 6.16. The number of fused-ring (bicyclic) bond motifs is 5. The molecule has 0 bridgehead atoms. The van der Waals surface area contributed by atoms with Gasteiger partial charge in [-0.15, -0.1) is 0 Å². The van der Waals surface area contributed by atoms with E-state index >= 15 is 0 Å². The number of ether oxygens (including phenoxy) is 1. The third kappa shape index (κ3) is 2.35. The number of benzene rings is 2. The second-order valence-corrected chi connectivity index (χ2v) is 9.14. The van der Waals surface area contributed by atoms with Crippen LogP contribution in [0.2, 0.25) is 0 Å². The summed E-state index contributed by atoms with van der Waals surface area (Å²) in [6, 6.07) is 7.08. The summed E-state index contributed by atoms with van der Waals surface area (Å²) in [5.41, 5.74) is 8.60. The lowest BCUT2D eigenvalue weighted by Crippen LogP contribution is -2.40. The normalized spacial score (nSPS) is 18.6. The zero-order chi connectivity index (χ0) is 20.4. The van der Waals surface area contributed by atoms with Crippen LogP contribution in [-0.2, 0) is 25.7 Å². The lowest BCUT2D eigenvalue weighted by Gasteiger charge is -2.39. The van der Waals surface area contributed by atoms with Crippen molar-refractivity contribution in [3.05, 3.63) is 50.5 Å². The Labute approximate surface area is 177 Å². The molecule has 0 aromatic heterocycles. The van der Waals surface area contributed by atoms with Gasteiger partial charge in [-0.05, 0) is 56.2 Å². The van der Waals surface area contributed by atoms with E-state index in [1.165, 1.54) is 39.7 Å². The van der Waals surface area contributed by atoms with Gasteiger partial charge in [-0.2, -0.15) is 5.26 Å². The summed E-state index contributed by atoms with van der Waals surface area (Å²) in [5, 5.41) is 12.6. The third-order valence-electron chi connectivity index (χ3n) is 7.44. The fourth-order valence-corrected chi connectivity index (χ4v) is 6.16. The van der Waals surface area contributed by atoms with Gasteiger partial charge in [0.25, 0.3) is 0 Å². The van der Waals surface area contributed by atoms with Gasteiger partial charge in [0.05, 0.1) is 11.1 Å². The number of anilines is 1. The van der Waals surface area contributed by atoms with E-state index < -0.39 is 0 Å². The van der Waals surface area contributed by atoms with E-state index in [0.29, 0.717) is 0 Å². The Kier molecular flexibility index (Phi) is 3.96. The van der Waals surface area contributed by atoms with E-state index in [2.05, 4.69) is 41.6 Å². The van der Waals surface area contributed by atoms with Crippen LogP contribution >= 0.6 is 0 Å². The van der Waals surface area contributed by atoms with Crippen LogP contribution in [-0.4, -0.2) is 26.7 Å². The third-order valence-corrected chi connectivity index (χ3v) is 7.44. The lowest BCUT2D eigenvalue weighted by molar-refractivity contribution is 0.446. The molecule has 4 heteroatoms. The molecule has 6 rings (SSSR count). The molecule has 0 aliphatic carbocycles. The molecule has 0 N–H and O–H groups in total. The van der Waals surface area contributed by atoms with Crippen LogP contribution in [0.15, 0.2) is 12.1 Å². The molecule has 0 unspecified atom stereocenters. The van der Waals surface area contributed by atoms with E-state index in [1.807, 2.05) is 0 Å². The predicted molar refractivity (Wildman–Crippen MR) is 119 cm³/mol. The molecule has 0 saturated heterocycles. The van der Waals surface area contributed by atoms with Crippen molar-refractivity contribution in [3.8, 4) is 17.6 Å². The predicted octanol–water partition coefficient (Wildman–Crippen LogP) is 2.84. The van der Waals surface area contributed by atoms with Crippen LogP contribution < -0.4 is 24.8 Å². The first-order valence-corrected chi connectivity index (χ1v) is 11.5. The molecule has 0 amide bonds. The van der Waals surface area contributed by atoms with Crippen molar-refractivity contribution >= 4 is 11.3 Å². The Morgan fingerprint density at radius 2 is 1.87 bits per heavy atom. The summed E-state index contributed by atoms with van der Waals surface area (Å²) in [6.45, 7) is 5.58. The molecule has 2 aromatic rings. The molecule has 2 aromatic carbocycles. The van der Waals surface area contributed by atoms with Crippen LogP contribution in [0.4, 0.5) is 5.69 Å². The molecular weight excluding hydrogens is 370 g/mol. The zero-order valence-electron chi connectivity index (χ0n) is 18.0. The number of nitrogens with zero attached hydrogens (tertiary/aromatic N) is 3. The molecule has 4 aliphatic heterocycles. The standard InChI is InChI=1S/C26H28N3O/c1-3-16-13-20-22(15-27)21-14-17-7-4-11-29-12-6-9-19(24(17)29)26(21)30-25(20)18-8-5-10-28(2)23(16)18/h13-14H,3-12H2,1-2H3/q+1. The topological polar surface area (TPSA) is 39.3 Å². The number of hydrogen-bond acceptors (Lipinski definition) is 3. The smallest absolute Gasteiger partial charge is 0.209 e. The van der Waals surface area contributed by atoms with Crippen molar-refractivity contribution in [1.29, 1.82) is 5.26 Å². The van der Waals surface area contributed by atoms with E-state index in [1.54, 1.807) is 0 Å². The second-order valence-electron chi connectivity index (χ2n) is 9.14. The quantitative estimate of drug-likeness (QED) is 0.694. The Hall–Kier alpha value is -2.80. The number of rotatable bonds is 1. The molecule has 0 atom stereocenters. The summed E-state index contributed by atoms with van der Waals surface area (Å²) in [6.07, 6.45) is 7.64. The molecule has 4 aliphatic rings. The van der Waals surface area contributed by atoms with E-state index in [4.69, 9.17) is 4.74 Å². The molecule has 30 heavy (non-hydrogen) atoms. The van der Waals surface area contributed by atoms with Gasteiger partial charge in [0, 0.05) is 47.1 Å². The summed E-state index contributed by atoms with van der Waals surface area (Å²) >= 11 is 0. The SMILES string of the molecule is CCc1cc2c(c3c1=[N+](C)CCC3)Oc1c(cc3c4c1CCCN4CCC3)C=2C#N. The van der Waals surface area contributed by atoms with Crippen LogP contribution in [0.1, 0.15) is 54.0 Å². The van der Waals surface area contributed by atoms with Gasteiger partial charge >= 0.3 is 0 Å². The van der Waals surface area contributed by atoms with Gasteiger partial charge in [-0.25, -0.2) is 4.58 Å². The first kappa shape index (κ1) is 18.0. The van der Waals surface area contributed by atoms with E-state index in [0.717, 1.165) is 86.0 Å². The second kappa shape index (κ2) is 6.60. The number of aryl methyl sites for hydroxylation is 2. The van der Waals surface area contributed by atoms with Gasteiger partial charge < -0.3 is 9.64 Å². The summed E-state index contributed by atoms with van der Waals surface area (Å²) < 4.78 is 9.18. The number of hydrogen-bond donors (Lipinski definition) is 0. The van der Waals surface area contributed by atoms with Crippen LogP contribution in [0.3, 0.4) is 0 Å². The fraction of sp³-hybridized carbons (Fsp3) is 0.462. The van der Waals surface area contributed by atoms with Gasteiger partial charge in [0.1, 0.15) is 31.2 Å². The minimum atomic E-state index is 0.804. The molecule has 0 spiro atoms. The van der Waals surface area contributed by atoms with Crippen molar-refractivity contribution in [2.75, 3.05) is 31.6 Å². The largest absolute Gasteiger partial charge is 0.455 e. The highest BCUT2D eigenvalue weighted by Crippen LogP contribution is 2.47. The van der Waals surface area contributed by atoms with Crippen LogP contribution in [0.5, 0.6) is 11.5 Å². The minimum Gasteiger partial charge on any atom is -0.455 e. The maximum atomic E-state index is 10.3. The Balaban J connectivity index is 1.73. The average Bonchev–Trinajstić information content (AvgIpc) is 2.78. The Morgan fingerprint density at radius 1 is 1.07 bits per heavy atom. The molecule has 0 radical (unpaired) electrons. The van der Waals surface area contributed by atoms with Crippen LogP contribution in [0.25, 0.3) is 5.57 Å². The van der Waals surface area contributed by atoms with E-state index in [9.17, 15) is 5.26 Å². The molecule has 0 saturated carbocycles. The van der Waals surface area contributed by atoms with Gasteiger partial charge in [0.2, 0.25) is 5.36 Å². The van der Waals surface area contributed by atoms with Crippen molar-refractivity contribution in [2.24, 2.45) is 0 Å². The molecule has 4 nitrogen and oxygen atoms in total. The summed E-state index contributed by atoms with van der Waals surface area (Å²) in [4.78, 5) is 2.55. The van der Waals surface area contributed by atoms with Gasteiger partial charge in [0.15, 0.2) is 0 Å². The molecule has 4 heterocycles. The van der Waals surface area contributed by atoms with Crippen LogP contribution in [0, 0.1) is 11.3 Å². The monoisotopic (exact) mass is 398 g/mol. The average molecular weight is 399 g/mol. The Bertz CT molecular complexity index is 1260. The van der Waals surface area contributed by atoms with Gasteiger partial charge in [-0.3, -0.25) is 0 Å².